The first-order chi connectivity index (χ1) is 10.8. The minimum atomic E-state index is -0.211. The molecule has 2 saturated heterocycles. The highest BCUT2D eigenvalue weighted by atomic mass is 16.6. The van der Waals surface area contributed by atoms with Crippen LogP contribution in [0.15, 0.2) is 22.9 Å². The summed E-state index contributed by atoms with van der Waals surface area (Å²) in [7, 11) is 0. The number of ether oxygens (including phenoxy) is 2. The molecular weight excluding hydrogens is 284 g/mol. The van der Waals surface area contributed by atoms with Crippen LogP contribution in [0.5, 0.6) is 0 Å². The predicted molar refractivity (Wildman–Crippen MR) is 78.6 cm³/mol. The Morgan fingerprint density at radius 3 is 3.05 bits per heavy atom. The van der Waals surface area contributed by atoms with E-state index in [1.807, 2.05) is 19.1 Å². The number of anilines is 1. The van der Waals surface area contributed by atoms with Crippen molar-refractivity contribution in [3.05, 3.63) is 24.2 Å². The van der Waals surface area contributed by atoms with E-state index in [2.05, 4.69) is 20.0 Å². The van der Waals surface area contributed by atoms with E-state index in [9.17, 15) is 0 Å². The lowest BCUT2D eigenvalue weighted by atomic mass is 10.0. The minimum Gasteiger partial charge on any atom is -0.378 e. The number of nitrogens with zero attached hydrogens (tertiary/aromatic N) is 4. The zero-order valence-electron chi connectivity index (χ0n) is 12.5. The Morgan fingerprint density at radius 1 is 1.32 bits per heavy atom. The third-order valence-corrected chi connectivity index (χ3v) is 4.16. The smallest absolute Gasteiger partial charge is 0.261 e. The molecule has 0 saturated carbocycles. The van der Waals surface area contributed by atoms with E-state index in [1.54, 1.807) is 6.20 Å². The molecule has 0 amide bonds. The molecule has 2 aliphatic heterocycles. The summed E-state index contributed by atoms with van der Waals surface area (Å²) in [6.45, 7) is 5.44. The van der Waals surface area contributed by atoms with Crippen LogP contribution in [0, 0.1) is 6.92 Å². The maximum absolute atomic E-state index is 5.98. The summed E-state index contributed by atoms with van der Waals surface area (Å²) in [5.74, 6) is 1.98. The normalized spacial score (nSPS) is 25.0. The second-order valence-electron chi connectivity index (χ2n) is 5.78. The molecule has 2 aromatic heterocycles. The number of rotatable bonds is 2. The SMILES string of the molecule is Cc1noc(-c2cccnc2N2CCOC3(CCOC3)C2)n1. The summed E-state index contributed by atoms with van der Waals surface area (Å²) in [5.41, 5.74) is 0.650. The molecule has 0 aliphatic carbocycles. The van der Waals surface area contributed by atoms with Gasteiger partial charge in [-0.2, -0.15) is 4.98 Å². The fourth-order valence-electron chi connectivity index (χ4n) is 3.08. The summed E-state index contributed by atoms with van der Waals surface area (Å²) in [5, 5.41) is 3.87. The van der Waals surface area contributed by atoms with Crippen LogP contribution < -0.4 is 4.90 Å². The lowest BCUT2D eigenvalue weighted by molar-refractivity contribution is -0.0581. The number of morpholine rings is 1. The van der Waals surface area contributed by atoms with Gasteiger partial charge in [-0.1, -0.05) is 5.16 Å². The molecule has 1 unspecified atom stereocenters. The molecule has 0 N–H and O–H groups in total. The third kappa shape index (κ3) is 2.36. The summed E-state index contributed by atoms with van der Waals surface area (Å²) < 4.78 is 16.8. The zero-order chi connectivity index (χ0) is 15.0. The van der Waals surface area contributed by atoms with Gasteiger partial charge in [0.05, 0.1) is 25.3 Å². The van der Waals surface area contributed by atoms with Gasteiger partial charge in [0.2, 0.25) is 0 Å². The van der Waals surface area contributed by atoms with Gasteiger partial charge < -0.3 is 18.9 Å². The third-order valence-electron chi connectivity index (χ3n) is 4.16. The van der Waals surface area contributed by atoms with Gasteiger partial charge in [0.1, 0.15) is 11.4 Å². The van der Waals surface area contributed by atoms with Gasteiger partial charge >= 0.3 is 0 Å². The Kier molecular flexibility index (Phi) is 3.31. The second-order valence-corrected chi connectivity index (χ2v) is 5.78. The first-order valence-electron chi connectivity index (χ1n) is 7.48. The number of aromatic nitrogens is 3. The van der Waals surface area contributed by atoms with Crippen molar-refractivity contribution in [2.75, 3.05) is 37.8 Å². The van der Waals surface area contributed by atoms with Crippen molar-refractivity contribution in [3.8, 4) is 11.5 Å². The lowest BCUT2D eigenvalue weighted by Crippen LogP contribution is -2.52. The zero-order valence-corrected chi connectivity index (χ0v) is 12.5. The predicted octanol–water partition coefficient (Wildman–Crippen LogP) is 1.44. The molecule has 2 aromatic rings. The Labute approximate surface area is 128 Å². The van der Waals surface area contributed by atoms with E-state index in [-0.39, 0.29) is 5.60 Å². The average molecular weight is 302 g/mol. The molecule has 0 bridgehead atoms. The molecule has 7 nitrogen and oxygen atoms in total. The van der Waals surface area contributed by atoms with Crippen molar-refractivity contribution in [2.45, 2.75) is 18.9 Å². The highest BCUT2D eigenvalue weighted by Gasteiger charge is 2.41. The van der Waals surface area contributed by atoms with Crippen molar-refractivity contribution in [1.29, 1.82) is 0 Å². The monoisotopic (exact) mass is 302 g/mol. The molecule has 4 heterocycles. The van der Waals surface area contributed by atoms with Gasteiger partial charge in [-0.25, -0.2) is 4.98 Å². The van der Waals surface area contributed by atoms with Crippen LogP contribution >= 0.6 is 0 Å². The average Bonchev–Trinajstić information content (AvgIpc) is 3.17. The molecule has 4 rings (SSSR count). The number of pyridine rings is 1. The van der Waals surface area contributed by atoms with Crippen LogP contribution in [0.3, 0.4) is 0 Å². The van der Waals surface area contributed by atoms with Crippen LogP contribution in [0.1, 0.15) is 12.2 Å². The van der Waals surface area contributed by atoms with Crippen LogP contribution in [0.25, 0.3) is 11.5 Å². The fraction of sp³-hybridized carbons (Fsp3) is 0.533. The molecule has 1 atom stereocenters. The van der Waals surface area contributed by atoms with E-state index in [1.165, 1.54) is 0 Å². The summed E-state index contributed by atoms with van der Waals surface area (Å²) >= 11 is 0. The standard InChI is InChI=1S/C15H18N4O3/c1-11-17-14(22-18-11)12-3-2-5-16-13(12)19-6-8-21-15(9-19)4-7-20-10-15/h2-3,5H,4,6-10H2,1H3. The van der Waals surface area contributed by atoms with Crippen molar-refractivity contribution < 1.29 is 14.0 Å². The van der Waals surface area contributed by atoms with E-state index in [0.717, 1.165) is 37.5 Å². The topological polar surface area (TPSA) is 73.5 Å². The van der Waals surface area contributed by atoms with E-state index >= 15 is 0 Å². The van der Waals surface area contributed by atoms with Gasteiger partial charge in [0.15, 0.2) is 5.82 Å². The first kappa shape index (κ1) is 13.7. The van der Waals surface area contributed by atoms with Crippen molar-refractivity contribution in [2.24, 2.45) is 0 Å². The molecule has 22 heavy (non-hydrogen) atoms. The summed E-state index contributed by atoms with van der Waals surface area (Å²) in [6.07, 6.45) is 2.71. The molecule has 116 valence electrons. The highest BCUT2D eigenvalue weighted by molar-refractivity contribution is 5.69. The molecular formula is C15H18N4O3. The van der Waals surface area contributed by atoms with Gasteiger partial charge in [-0.15, -0.1) is 0 Å². The molecule has 1 spiro atoms. The fourth-order valence-corrected chi connectivity index (χ4v) is 3.08. The largest absolute Gasteiger partial charge is 0.378 e. The Morgan fingerprint density at radius 2 is 2.27 bits per heavy atom. The maximum Gasteiger partial charge on any atom is 0.261 e. The van der Waals surface area contributed by atoms with Crippen LogP contribution in [0.2, 0.25) is 0 Å². The van der Waals surface area contributed by atoms with Gasteiger partial charge in [0.25, 0.3) is 5.89 Å². The number of aryl methyl sites for hydroxylation is 1. The van der Waals surface area contributed by atoms with Gasteiger partial charge in [-0.05, 0) is 19.1 Å². The molecule has 0 radical (unpaired) electrons. The molecule has 2 aliphatic rings. The second kappa shape index (κ2) is 5.33. The lowest BCUT2D eigenvalue weighted by Gasteiger charge is -2.40. The highest BCUT2D eigenvalue weighted by Crippen LogP contribution is 2.33. The first-order valence-corrected chi connectivity index (χ1v) is 7.48. The van der Waals surface area contributed by atoms with E-state index < -0.39 is 0 Å². The number of hydrogen-bond acceptors (Lipinski definition) is 7. The Bertz CT molecular complexity index is 666. The van der Waals surface area contributed by atoms with Gasteiger partial charge in [0, 0.05) is 25.8 Å². The van der Waals surface area contributed by atoms with E-state index in [0.29, 0.717) is 24.9 Å². The van der Waals surface area contributed by atoms with Crippen LogP contribution in [-0.2, 0) is 9.47 Å². The Hall–Kier alpha value is -1.99. The Balaban J connectivity index is 1.67. The minimum absolute atomic E-state index is 0.211. The molecule has 2 fully saturated rings. The molecule has 0 aromatic carbocycles. The van der Waals surface area contributed by atoms with Crippen molar-refractivity contribution >= 4 is 5.82 Å². The quantitative estimate of drug-likeness (QED) is 0.831. The van der Waals surface area contributed by atoms with E-state index in [4.69, 9.17) is 14.0 Å². The van der Waals surface area contributed by atoms with Crippen LogP contribution in [0.4, 0.5) is 5.82 Å². The van der Waals surface area contributed by atoms with Gasteiger partial charge in [-0.3, -0.25) is 0 Å². The van der Waals surface area contributed by atoms with Crippen LogP contribution in [-0.4, -0.2) is 53.6 Å². The molecule has 7 heteroatoms. The summed E-state index contributed by atoms with van der Waals surface area (Å²) in [4.78, 5) is 11.1. The maximum atomic E-state index is 5.98. The summed E-state index contributed by atoms with van der Waals surface area (Å²) in [6, 6.07) is 3.84. The number of hydrogen-bond donors (Lipinski definition) is 0. The van der Waals surface area contributed by atoms with Crippen molar-refractivity contribution in [3.63, 3.8) is 0 Å². The van der Waals surface area contributed by atoms with Crippen molar-refractivity contribution in [1.82, 2.24) is 15.1 Å².